The highest BCUT2D eigenvalue weighted by Crippen LogP contribution is 2.34. The Bertz CT molecular complexity index is 528. The number of amides is 2. The largest absolute Gasteiger partial charge is 0.508 e. The van der Waals surface area contributed by atoms with Gasteiger partial charge in [-0.25, -0.2) is 4.79 Å². The number of nitrogens with one attached hydrogen (secondary N) is 1. The van der Waals surface area contributed by atoms with Crippen molar-refractivity contribution in [2.45, 2.75) is 32.2 Å². The summed E-state index contributed by atoms with van der Waals surface area (Å²) in [4.78, 5) is 24.7. The van der Waals surface area contributed by atoms with Gasteiger partial charge in [-0.05, 0) is 37.8 Å². The fourth-order valence-electron chi connectivity index (χ4n) is 2.36. The zero-order valence-electron chi connectivity index (χ0n) is 12.0. The molecule has 21 heavy (non-hydrogen) atoms. The predicted octanol–water partition coefficient (Wildman–Crippen LogP) is 2.18. The molecule has 0 aliphatic heterocycles. The molecule has 0 spiro atoms. The quantitative estimate of drug-likeness (QED) is 0.749. The van der Waals surface area contributed by atoms with Gasteiger partial charge in [-0.3, -0.25) is 9.69 Å². The highest BCUT2D eigenvalue weighted by Gasteiger charge is 2.34. The molecule has 1 saturated carbocycles. The molecule has 1 aliphatic carbocycles. The van der Waals surface area contributed by atoms with Gasteiger partial charge in [0.25, 0.3) is 0 Å². The van der Waals surface area contributed by atoms with E-state index in [1.165, 1.54) is 17.0 Å². The average Bonchev–Trinajstić information content (AvgIpc) is 3.22. The molecule has 6 heteroatoms. The molecule has 1 aromatic rings. The van der Waals surface area contributed by atoms with Crippen molar-refractivity contribution in [2.24, 2.45) is 5.92 Å². The molecule has 0 bridgehead atoms. The van der Waals surface area contributed by atoms with Crippen LogP contribution in [0.4, 0.5) is 10.5 Å². The SMILES string of the molecule is CCN(C(=O)NC(CC(=O)O)C1CC1)c1cccc(O)c1. The summed E-state index contributed by atoms with van der Waals surface area (Å²) < 4.78 is 0. The molecule has 0 saturated heterocycles. The second-order valence-electron chi connectivity index (χ2n) is 5.26. The van der Waals surface area contributed by atoms with Crippen molar-refractivity contribution in [1.82, 2.24) is 5.32 Å². The number of aliphatic carboxylic acids is 1. The van der Waals surface area contributed by atoms with Crippen LogP contribution < -0.4 is 10.2 Å². The Morgan fingerprint density at radius 1 is 1.43 bits per heavy atom. The van der Waals surface area contributed by atoms with Crippen molar-refractivity contribution < 1.29 is 19.8 Å². The normalized spacial score (nSPS) is 15.3. The van der Waals surface area contributed by atoms with Crippen molar-refractivity contribution >= 4 is 17.7 Å². The first-order valence-electron chi connectivity index (χ1n) is 7.10. The molecule has 114 valence electrons. The van der Waals surface area contributed by atoms with Gasteiger partial charge in [-0.2, -0.15) is 0 Å². The number of benzene rings is 1. The number of phenolic OH excluding ortho intramolecular Hbond substituents is 1. The van der Waals surface area contributed by atoms with E-state index in [2.05, 4.69) is 5.32 Å². The van der Waals surface area contributed by atoms with Crippen LogP contribution in [-0.4, -0.2) is 34.8 Å². The third-order valence-electron chi connectivity index (χ3n) is 3.60. The molecule has 3 N–H and O–H groups in total. The van der Waals surface area contributed by atoms with Crippen molar-refractivity contribution in [3.63, 3.8) is 0 Å². The Kier molecular flexibility index (Phi) is 4.67. The molecule has 1 unspecified atom stereocenters. The highest BCUT2D eigenvalue weighted by atomic mass is 16.4. The summed E-state index contributed by atoms with van der Waals surface area (Å²) in [6.45, 7) is 2.26. The van der Waals surface area contributed by atoms with Crippen molar-refractivity contribution in [3.8, 4) is 5.75 Å². The lowest BCUT2D eigenvalue weighted by Gasteiger charge is -2.25. The lowest BCUT2D eigenvalue weighted by molar-refractivity contribution is -0.137. The number of hydrogen-bond donors (Lipinski definition) is 3. The molecular formula is C15H20N2O4. The number of phenols is 1. The maximum absolute atomic E-state index is 12.4. The maximum Gasteiger partial charge on any atom is 0.322 e. The monoisotopic (exact) mass is 292 g/mol. The predicted molar refractivity (Wildman–Crippen MR) is 78.4 cm³/mol. The molecular weight excluding hydrogens is 272 g/mol. The van der Waals surface area contributed by atoms with Crippen LogP contribution in [0.5, 0.6) is 5.75 Å². The second-order valence-corrected chi connectivity index (χ2v) is 5.26. The fourth-order valence-corrected chi connectivity index (χ4v) is 2.36. The van der Waals surface area contributed by atoms with Gasteiger partial charge >= 0.3 is 12.0 Å². The van der Waals surface area contributed by atoms with E-state index in [-0.39, 0.29) is 30.2 Å². The van der Waals surface area contributed by atoms with E-state index in [1.54, 1.807) is 12.1 Å². The summed E-state index contributed by atoms with van der Waals surface area (Å²) in [5, 5.41) is 21.2. The molecule has 1 fully saturated rings. The van der Waals surface area contributed by atoms with Crippen LogP contribution in [0.25, 0.3) is 0 Å². The first kappa shape index (κ1) is 15.2. The lowest BCUT2D eigenvalue weighted by atomic mass is 10.1. The smallest absolute Gasteiger partial charge is 0.322 e. The van der Waals surface area contributed by atoms with Crippen LogP contribution in [0.15, 0.2) is 24.3 Å². The average molecular weight is 292 g/mol. The van der Waals surface area contributed by atoms with Crippen LogP contribution in [0.1, 0.15) is 26.2 Å². The maximum atomic E-state index is 12.4. The molecule has 0 radical (unpaired) electrons. The third-order valence-corrected chi connectivity index (χ3v) is 3.60. The van der Waals surface area contributed by atoms with Crippen molar-refractivity contribution in [2.75, 3.05) is 11.4 Å². The number of urea groups is 1. The van der Waals surface area contributed by atoms with Crippen LogP contribution in [0, 0.1) is 5.92 Å². The molecule has 1 aromatic carbocycles. The Morgan fingerprint density at radius 2 is 2.14 bits per heavy atom. The van der Waals surface area contributed by atoms with E-state index >= 15 is 0 Å². The van der Waals surface area contributed by atoms with Crippen molar-refractivity contribution in [1.29, 1.82) is 0 Å². The molecule has 0 heterocycles. The van der Waals surface area contributed by atoms with E-state index in [1.807, 2.05) is 6.92 Å². The van der Waals surface area contributed by atoms with Gasteiger partial charge in [0.15, 0.2) is 0 Å². The first-order chi connectivity index (χ1) is 10.0. The minimum atomic E-state index is -0.910. The number of aromatic hydroxyl groups is 1. The Hall–Kier alpha value is -2.24. The van der Waals surface area contributed by atoms with Crippen LogP contribution in [0.2, 0.25) is 0 Å². The van der Waals surface area contributed by atoms with Gasteiger partial charge in [0.2, 0.25) is 0 Å². The Morgan fingerprint density at radius 3 is 2.67 bits per heavy atom. The molecule has 1 atom stereocenters. The van der Waals surface area contributed by atoms with Crippen LogP contribution in [0.3, 0.4) is 0 Å². The van der Waals surface area contributed by atoms with Crippen LogP contribution in [-0.2, 0) is 4.79 Å². The lowest BCUT2D eigenvalue weighted by Crippen LogP contribution is -2.46. The minimum absolute atomic E-state index is 0.0615. The molecule has 2 amide bonds. The van der Waals surface area contributed by atoms with E-state index in [9.17, 15) is 14.7 Å². The molecule has 1 aliphatic rings. The summed E-state index contributed by atoms with van der Waals surface area (Å²) >= 11 is 0. The van der Waals surface area contributed by atoms with Gasteiger partial charge in [-0.1, -0.05) is 6.07 Å². The summed E-state index contributed by atoms with van der Waals surface area (Å²) in [5.74, 6) is -0.566. The van der Waals surface area contributed by atoms with Gasteiger partial charge in [0, 0.05) is 24.3 Å². The minimum Gasteiger partial charge on any atom is -0.508 e. The number of carboxylic acids is 1. The summed E-state index contributed by atoms with van der Waals surface area (Å²) in [7, 11) is 0. The zero-order chi connectivity index (χ0) is 15.4. The van der Waals surface area contributed by atoms with E-state index in [0.717, 1.165) is 12.8 Å². The zero-order valence-corrected chi connectivity index (χ0v) is 12.0. The Labute approximate surface area is 123 Å². The van der Waals surface area contributed by atoms with Gasteiger partial charge in [-0.15, -0.1) is 0 Å². The van der Waals surface area contributed by atoms with E-state index in [4.69, 9.17) is 5.11 Å². The Balaban J connectivity index is 2.07. The summed E-state index contributed by atoms with van der Waals surface area (Å²) in [6, 6.07) is 5.77. The third kappa shape index (κ3) is 4.11. The van der Waals surface area contributed by atoms with E-state index in [0.29, 0.717) is 12.2 Å². The highest BCUT2D eigenvalue weighted by molar-refractivity contribution is 5.92. The number of carboxylic acid groups (broad SMARTS) is 1. The summed E-state index contributed by atoms with van der Waals surface area (Å²) in [5.41, 5.74) is 0.583. The molecule has 6 nitrogen and oxygen atoms in total. The molecule has 0 aromatic heterocycles. The topological polar surface area (TPSA) is 89.9 Å². The second kappa shape index (κ2) is 6.47. The number of nitrogens with zero attached hydrogens (tertiary/aromatic N) is 1. The van der Waals surface area contributed by atoms with Gasteiger partial charge < -0.3 is 15.5 Å². The number of hydrogen-bond acceptors (Lipinski definition) is 3. The fraction of sp³-hybridized carbons (Fsp3) is 0.467. The van der Waals surface area contributed by atoms with Gasteiger partial charge in [0.1, 0.15) is 5.75 Å². The number of anilines is 1. The van der Waals surface area contributed by atoms with Crippen LogP contribution >= 0.6 is 0 Å². The summed E-state index contributed by atoms with van der Waals surface area (Å²) in [6.07, 6.45) is 1.85. The van der Waals surface area contributed by atoms with Gasteiger partial charge in [0.05, 0.1) is 6.42 Å². The number of carbonyl (C=O) groups excluding carboxylic acids is 1. The van der Waals surface area contributed by atoms with E-state index < -0.39 is 5.97 Å². The standard InChI is InChI=1S/C15H20N2O4/c1-2-17(11-4-3-5-12(18)8-11)15(21)16-13(9-14(19)20)10-6-7-10/h3-5,8,10,13,18H,2,6-7,9H2,1H3,(H,16,21)(H,19,20). The van der Waals surface area contributed by atoms with Crippen molar-refractivity contribution in [3.05, 3.63) is 24.3 Å². The number of carbonyl (C=O) groups is 2. The first-order valence-corrected chi connectivity index (χ1v) is 7.10. The number of rotatable bonds is 6. The molecule has 2 rings (SSSR count).